The predicted octanol–water partition coefficient (Wildman–Crippen LogP) is 1.46. The number of nitrogens with zero attached hydrogens (tertiary/aromatic N) is 2. The fourth-order valence-electron chi connectivity index (χ4n) is 3.75. The molecular formula is C18H22N2O4. The first-order valence-corrected chi connectivity index (χ1v) is 8.35. The second kappa shape index (κ2) is 6.63. The van der Waals surface area contributed by atoms with Gasteiger partial charge in [-0.3, -0.25) is 9.59 Å². The number of fused-ring (bicyclic) bond motifs is 1. The molecule has 1 saturated heterocycles. The molecule has 0 radical (unpaired) electrons. The van der Waals surface area contributed by atoms with Crippen molar-refractivity contribution in [3.8, 4) is 0 Å². The van der Waals surface area contributed by atoms with Crippen LogP contribution in [0.5, 0.6) is 0 Å². The van der Waals surface area contributed by atoms with E-state index in [1.54, 1.807) is 11.0 Å². The van der Waals surface area contributed by atoms with E-state index in [1.165, 1.54) is 11.8 Å². The molecule has 0 saturated carbocycles. The summed E-state index contributed by atoms with van der Waals surface area (Å²) in [5, 5.41) is 9.67. The van der Waals surface area contributed by atoms with Gasteiger partial charge in [0, 0.05) is 32.5 Å². The number of carbonyl (C=O) groups excluding carboxylic acids is 2. The zero-order chi connectivity index (χ0) is 17.3. The van der Waals surface area contributed by atoms with Crippen LogP contribution in [0.4, 0.5) is 0 Å². The van der Waals surface area contributed by atoms with Crippen LogP contribution in [0.3, 0.4) is 0 Å². The number of likely N-dealkylation sites (tertiary alicyclic amines) is 1. The van der Waals surface area contributed by atoms with Crippen LogP contribution < -0.4 is 0 Å². The largest absolute Gasteiger partial charge is 0.479 e. The van der Waals surface area contributed by atoms with Gasteiger partial charge in [0.05, 0.1) is 0 Å². The van der Waals surface area contributed by atoms with Crippen LogP contribution in [0.25, 0.3) is 0 Å². The van der Waals surface area contributed by atoms with Crippen LogP contribution in [-0.2, 0) is 20.8 Å². The van der Waals surface area contributed by atoms with Gasteiger partial charge in [0.15, 0.2) is 6.04 Å². The van der Waals surface area contributed by atoms with E-state index in [-0.39, 0.29) is 17.7 Å². The van der Waals surface area contributed by atoms with E-state index in [0.29, 0.717) is 44.5 Å². The molecule has 0 bridgehead atoms. The van der Waals surface area contributed by atoms with E-state index in [4.69, 9.17) is 0 Å². The lowest BCUT2D eigenvalue weighted by atomic mass is 9.89. The SMILES string of the molecule is CC(=O)N1CCC(C(=O)N2CCc3ccccc3C2C(=O)O)CC1. The lowest BCUT2D eigenvalue weighted by Crippen LogP contribution is -2.48. The van der Waals surface area contributed by atoms with Gasteiger partial charge < -0.3 is 14.9 Å². The molecule has 24 heavy (non-hydrogen) atoms. The summed E-state index contributed by atoms with van der Waals surface area (Å²) in [6.45, 7) is 3.09. The van der Waals surface area contributed by atoms with Crippen molar-refractivity contribution >= 4 is 17.8 Å². The zero-order valence-electron chi connectivity index (χ0n) is 13.8. The van der Waals surface area contributed by atoms with Crippen molar-refractivity contribution < 1.29 is 19.5 Å². The van der Waals surface area contributed by atoms with Gasteiger partial charge in [0.25, 0.3) is 0 Å². The van der Waals surface area contributed by atoms with E-state index in [0.717, 1.165) is 5.56 Å². The first kappa shape index (κ1) is 16.5. The quantitative estimate of drug-likeness (QED) is 0.890. The molecular weight excluding hydrogens is 308 g/mol. The van der Waals surface area contributed by atoms with E-state index >= 15 is 0 Å². The van der Waals surface area contributed by atoms with Crippen LogP contribution in [-0.4, -0.2) is 52.3 Å². The summed E-state index contributed by atoms with van der Waals surface area (Å²) in [7, 11) is 0. The molecule has 3 rings (SSSR count). The van der Waals surface area contributed by atoms with E-state index < -0.39 is 12.0 Å². The third-order valence-corrected chi connectivity index (χ3v) is 5.09. The van der Waals surface area contributed by atoms with Crippen molar-refractivity contribution in [3.05, 3.63) is 35.4 Å². The Bertz CT molecular complexity index is 665. The maximum absolute atomic E-state index is 12.9. The molecule has 6 nitrogen and oxygen atoms in total. The maximum atomic E-state index is 12.9. The van der Waals surface area contributed by atoms with Crippen LogP contribution in [0.2, 0.25) is 0 Å². The summed E-state index contributed by atoms with van der Waals surface area (Å²) < 4.78 is 0. The second-order valence-electron chi connectivity index (χ2n) is 6.50. The normalized spacial score (nSPS) is 21.3. The first-order chi connectivity index (χ1) is 11.5. The summed E-state index contributed by atoms with van der Waals surface area (Å²) in [4.78, 5) is 39.4. The Morgan fingerprint density at radius 3 is 2.38 bits per heavy atom. The van der Waals surface area contributed by atoms with Crippen LogP contribution in [0.1, 0.15) is 36.9 Å². The fourth-order valence-corrected chi connectivity index (χ4v) is 3.75. The lowest BCUT2D eigenvalue weighted by Gasteiger charge is -2.39. The van der Waals surface area contributed by atoms with Gasteiger partial charge in [-0.25, -0.2) is 4.79 Å². The molecule has 1 aromatic rings. The smallest absolute Gasteiger partial charge is 0.331 e. The number of carbonyl (C=O) groups is 3. The molecule has 1 atom stereocenters. The minimum Gasteiger partial charge on any atom is -0.479 e. The average molecular weight is 330 g/mol. The van der Waals surface area contributed by atoms with Crippen LogP contribution >= 0.6 is 0 Å². The third kappa shape index (κ3) is 3.00. The Balaban J connectivity index is 1.78. The summed E-state index contributed by atoms with van der Waals surface area (Å²) >= 11 is 0. The Morgan fingerprint density at radius 1 is 1.08 bits per heavy atom. The number of piperidine rings is 1. The monoisotopic (exact) mass is 330 g/mol. The molecule has 1 aromatic carbocycles. The maximum Gasteiger partial charge on any atom is 0.331 e. The Morgan fingerprint density at radius 2 is 1.75 bits per heavy atom. The number of amides is 2. The van der Waals surface area contributed by atoms with E-state index in [2.05, 4.69) is 0 Å². The van der Waals surface area contributed by atoms with Crippen molar-refractivity contribution in [2.24, 2.45) is 5.92 Å². The molecule has 2 aliphatic rings. The van der Waals surface area contributed by atoms with Crippen molar-refractivity contribution in [3.63, 3.8) is 0 Å². The van der Waals surface area contributed by atoms with Gasteiger partial charge in [0.1, 0.15) is 0 Å². The number of benzene rings is 1. The van der Waals surface area contributed by atoms with E-state index in [1.807, 2.05) is 18.2 Å². The molecule has 1 unspecified atom stereocenters. The number of carboxylic acids is 1. The van der Waals surface area contributed by atoms with Gasteiger partial charge >= 0.3 is 5.97 Å². The zero-order valence-corrected chi connectivity index (χ0v) is 13.8. The molecule has 2 heterocycles. The van der Waals surface area contributed by atoms with Gasteiger partial charge in [-0.1, -0.05) is 24.3 Å². The van der Waals surface area contributed by atoms with Crippen LogP contribution in [0.15, 0.2) is 24.3 Å². The van der Waals surface area contributed by atoms with Gasteiger partial charge in [0.2, 0.25) is 11.8 Å². The van der Waals surface area contributed by atoms with Crippen molar-refractivity contribution in [2.75, 3.05) is 19.6 Å². The lowest BCUT2D eigenvalue weighted by molar-refractivity contribution is -0.154. The molecule has 0 aliphatic carbocycles. The Hall–Kier alpha value is -2.37. The fraction of sp³-hybridized carbons (Fsp3) is 0.500. The van der Waals surface area contributed by atoms with Gasteiger partial charge in [-0.05, 0) is 30.4 Å². The number of hydrogen-bond acceptors (Lipinski definition) is 3. The predicted molar refractivity (Wildman–Crippen MR) is 87.2 cm³/mol. The van der Waals surface area contributed by atoms with Crippen molar-refractivity contribution in [1.82, 2.24) is 9.80 Å². The summed E-state index contributed by atoms with van der Waals surface area (Å²) in [5.41, 5.74) is 1.71. The summed E-state index contributed by atoms with van der Waals surface area (Å²) in [6.07, 6.45) is 1.88. The van der Waals surface area contributed by atoms with E-state index in [9.17, 15) is 19.5 Å². The topological polar surface area (TPSA) is 77.9 Å². The number of carboxylic acid groups (broad SMARTS) is 1. The Kier molecular flexibility index (Phi) is 4.55. The molecule has 128 valence electrons. The van der Waals surface area contributed by atoms with Gasteiger partial charge in [-0.2, -0.15) is 0 Å². The number of rotatable bonds is 2. The Labute approximate surface area is 141 Å². The van der Waals surface area contributed by atoms with Gasteiger partial charge in [-0.15, -0.1) is 0 Å². The summed E-state index contributed by atoms with van der Waals surface area (Å²) in [5.74, 6) is -1.26. The van der Waals surface area contributed by atoms with Crippen molar-refractivity contribution in [2.45, 2.75) is 32.2 Å². The second-order valence-corrected chi connectivity index (χ2v) is 6.50. The minimum atomic E-state index is -0.989. The highest BCUT2D eigenvalue weighted by molar-refractivity contribution is 5.87. The standard InChI is InChI=1S/C18H22N2O4/c1-12(21)19-9-6-14(7-10-19)17(22)20-11-8-13-4-2-3-5-15(13)16(20)18(23)24/h2-5,14,16H,6-11H2,1H3,(H,23,24). The molecule has 0 aromatic heterocycles. The highest BCUT2D eigenvalue weighted by Crippen LogP contribution is 2.32. The molecule has 2 amide bonds. The highest BCUT2D eigenvalue weighted by atomic mass is 16.4. The molecule has 1 fully saturated rings. The molecule has 6 heteroatoms. The molecule has 2 aliphatic heterocycles. The highest BCUT2D eigenvalue weighted by Gasteiger charge is 2.39. The minimum absolute atomic E-state index is 0.0243. The average Bonchev–Trinajstić information content (AvgIpc) is 2.60. The third-order valence-electron chi connectivity index (χ3n) is 5.09. The first-order valence-electron chi connectivity index (χ1n) is 8.35. The number of aliphatic carboxylic acids is 1. The number of hydrogen-bond donors (Lipinski definition) is 1. The molecule has 0 spiro atoms. The van der Waals surface area contributed by atoms with Crippen molar-refractivity contribution in [1.29, 1.82) is 0 Å². The molecule has 1 N–H and O–H groups in total. The summed E-state index contributed by atoms with van der Waals surface area (Å²) in [6, 6.07) is 6.53. The van der Waals surface area contributed by atoms with Crippen LogP contribution in [0, 0.1) is 5.92 Å².